The van der Waals surface area contributed by atoms with Gasteiger partial charge in [-0.15, -0.1) is 0 Å². The molecule has 1 rings (SSSR count). The smallest absolute Gasteiger partial charge is 0.214 e. The first kappa shape index (κ1) is 16.9. The van der Waals surface area contributed by atoms with Crippen LogP contribution in [0.4, 0.5) is 0 Å². The van der Waals surface area contributed by atoms with Crippen LogP contribution in [-0.2, 0) is 10.0 Å². The van der Waals surface area contributed by atoms with Gasteiger partial charge in [-0.3, -0.25) is 0 Å². The third-order valence-corrected chi connectivity index (χ3v) is 6.62. The Morgan fingerprint density at radius 2 is 1.79 bits per heavy atom. The summed E-state index contributed by atoms with van der Waals surface area (Å²) in [5.74, 6) is 0.916. The van der Waals surface area contributed by atoms with Gasteiger partial charge < -0.3 is 5.73 Å². The summed E-state index contributed by atoms with van der Waals surface area (Å²) in [7, 11) is -3.16. The summed E-state index contributed by atoms with van der Waals surface area (Å²) in [6.45, 7) is 7.01. The lowest BCUT2D eigenvalue weighted by molar-refractivity contribution is 0.110. The van der Waals surface area contributed by atoms with E-state index in [-0.39, 0.29) is 11.3 Å². The zero-order chi connectivity index (χ0) is 14.5. The Balaban J connectivity index is 2.97. The Hall–Kier alpha value is -0.130. The van der Waals surface area contributed by atoms with E-state index in [2.05, 4.69) is 6.92 Å². The second kappa shape index (κ2) is 7.04. The number of sulfonamides is 1. The van der Waals surface area contributed by atoms with E-state index in [1.165, 1.54) is 6.42 Å². The Bertz CT molecular complexity index is 360. The molecule has 0 amide bonds. The van der Waals surface area contributed by atoms with Crippen molar-refractivity contribution in [1.82, 2.24) is 4.31 Å². The van der Waals surface area contributed by atoms with E-state index in [4.69, 9.17) is 5.73 Å². The van der Waals surface area contributed by atoms with E-state index >= 15 is 0 Å². The molecule has 1 aliphatic rings. The average molecular weight is 290 g/mol. The maximum Gasteiger partial charge on any atom is 0.214 e. The first-order valence-electron chi connectivity index (χ1n) is 7.66. The fourth-order valence-corrected chi connectivity index (χ4v) is 4.83. The van der Waals surface area contributed by atoms with Crippen LogP contribution in [0.2, 0.25) is 0 Å². The molecule has 0 unspecified atom stereocenters. The van der Waals surface area contributed by atoms with Gasteiger partial charge in [0.25, 0.3) is 0 Å². The summed E-state index contributed by atoms with van der Waals surface area (Å²) in [6.07, 6.45) is 6.08. The Morgan fingerprint density at radius 1 is 1.21 bits per heavy atom. The third-order valence-electron chi connectivity index (χ3n) is 4.65. The summed E-state index contributed by atoms with van der Waals surface area (Å²) < 4.78 is 26.5. The van der Waals surface area contributed by atoms with Gasteiger partial charge in [-0.05, 0) is 44.9 Å². The molecule has 1 aliphatic carbocycles. The van der Waals surface area contributed by atoms with E-state index in [0.717, 1.165) is 38.0 Å². The summed E-state index contributed by atoms with van der Waals surface area (Å²) in [5.41, 5.74) is 5.68. The summed E-state index contributed by atoms with van der Waals surface area (Å²) in [4.78, 5) is 0. The second-order valence-corrected chi connectivity index (χ2v) is 7.93. The van der Waals surface area contributed by atoms with Gasteiger partial charge in [0.05, 0.1) is 5.75 Å². The number of hydrogen-bond donors (Lipinski definition) is 1. The average Bonchev–Trinajstić information content (AvgIpc) is 2.44. The van der Waals surface area contributed by atoms with Crippen molar-refractivity contribution in [3.63, 3.8) is 0 Å². The largest absolute Gasteiger partial charge is 0.329 e. The zero-order valence-electron chi connectivity index (χ0n) is 12.7. The van der Waals surface area contributed by atoms with Gasteiger partial charge in [-0.2, -0.15) is 4.31 Å². The lowest BCUT2D eigenvalue weighted by atomic mass is 9.75. The molecular weight excluding hydrogens is 260 g/mol. The molecule has 0 radical (unpaired) electrons. The van der Waals surface area contributed by atoms with Crippen molar-refractivity contribution in [2.45, 2.75) is 64.8 Å². The minimum atomic E-state index is -3.16. The number of nitrogens with two attached hydrogens (primary N) is 1. The monoisotopic (exact) mass is 290 g/mol. The molecule has 4 nitrogen and oxygen atoms in total. The summed E-state index contributed by atoms with van der Waals surface area (Å²) in [5, 5.41) is 0. The van der Waals surface area contributed by atoms with Gasteiger partial charge in [0.15, 0.2) is 0 Å². The van der Waals surface area contributed by atoms with Crippen LogP contribution < -0.4 is 5.73 Å². The van der Waals surface area contributed by atoms with Crippen LogP contribution in [0.3, 0.4) is 0 Å². The minimum absolute atomic E-state index is 0.173. The molecule has 0 aromatic rings. The van der Waals surface area contributed by atoms with Crippen LogP contribution in [-0.4, -0.2) is 37.1 Å². The molecule has 0 atom stereocenters. The van der Waals surface area contributed by atoms with Crippen LogP contribution >= 0.6 is 0 Å². The van der Waals surface area contributed by atoms with Crippen molar-refractivity contribution in [1.29, 1.82) is 0 Å². The normalized spacial score (nSPS) is 28.8. The van der Waals surface area contributed by atoms with E-state index in [9.17, 15) is 8.42 Å². The van der Waals surface area contributed by atoms with Crippen molar-refractivity contribution in [2.75, 3.05) is 18.8 Å². The predicted molar refractivity (Wildman–Crippen MR) is 80.5 cm³/mol. The zero-order valence-corrected chi connectivity index (χ0v) is 13.5. The van der Waals surface area contributed by atoms with Crippen molar-refractivity contribution < 1.29 is 8.42 Å². The van der Waals surface area contributed by atoms with Gasteiger partial charge >= 0.3 is 0 Å². The highest BCUT2D eigenvalue weighted by Crippen LogP contribution is 2.38. The lowest BCUT2D eigenvalue weighted by Crippen LogP contribution is -2.58. The Labute approximate surface area is 118 Å². The quantitative estimate of drug-likeness (QED) is 0.783. The lowest BCUT2D eigenvalue weighted by Gasteiger charge is -2.46. The van der Waals surface area contributed by atoms with Crippen molar-refractivity contribution in [2.24, 2.45) is 11.7 Å². The van der Waals surface area contributed by atoms with Gasteiger partial charge in [0.1, 0.15) is 0 Å². The molecule has 1 saturated carbocycles. The highest BCUT2D eigenvalue weighted by Gasteiger charge is 2.43. The van der Waals surface area contributed by atoms with Crippen molar-refractivity contribution in [3.8, 4) is 0 Å². The molecule has 0 heterocycles. The molecule has 0 aromatic carbocycles. The van der Waals surface area contributed by atoms with E-state index < -0.39 is 10.0 Å². The number of nitrogens with zero attached hydrogens (tertiary/aromatic N) is 1. The van der Waals surface area contributed by atoms with Crippen LogP contribution in [0.5, 0.6) is 0 Å². The number of hydrogen-bond acceptors (Lipinski definition) is 3. The first-order chi connectivity index (χ1) is 8.95. The van der Waals surface area contributed by atoms with E-state index in [1.807, 2.05) is 6.92 Å². The maximum absolute atomic E-state index is 12.4. The first-order valence-corrected chi connectivity index (χ1v) is 9.27. The molecule has 0 saturated heterocycles. The third kappa shape index (κ3) is 3.70. The molecular formula is C14H30N2O2S. The fourth-order valence-electron chi connectivity index (χ4n) is 3.21. The highest BCUT2D eigenvalue weighted by atomic mass is 32.2. The molecule has 114 valence electrons. The molecule has 19 heavy (non-hydrogen) atoms. The molecule has 0 bridgehead atoms. The molecule has 5 heteroatoms. The Kier molecular flexibility index (Phi) is 6.27. The molecule has 1 fully saturated rings. The molecule has 0 aromatic heterocycles. The number of rotatable bonds is 7. The Morgan fingerprint density at radius 3 is 2.16 bits per heavy atom. The molecule has 0 aliphatic heterocycles. The SMILES string of the molecule is CCCN(C1(CN)CCC(CC)CC1)S(=O)(=O)CC. The fraction of sp³-hybridized carbons (Fsp3) is 1.00. The summed E-state index contributed by atoms with van der Waals surface area (Å²) >= 11 is 0. The van der Waals surface area contributed by atoms with Crippen molar-refractivity contribution in [3.05, 3.63) is 0 Å². The topological polar surface area (TPSA) is 63.4 Å². The van der Waals surface area contributed by atoms with Gasteiger partial charge in [0.2, 0.25) is 10.0 Å². The van der Waals surface area contributed by atoms with E-state index in [0.29, 0.717) is 13.1 Å². The minimum Gasteiger partial charge on any atom is -0.329 e. The van der Waals surface area contributed by atoms with Crippen molar-refractivity contribution >= 4 is 10.0 Å². The van der Waals surface area contributed by atoms with Gasteiger partial charge in [-0.25, -0.2) is 8.42 Å². The maximum atomic E-state index is 12.4. The van der Waals surface area contributed by atoms with Crippen LogP contribution in [0.1, 0.15) is 59.3 Å². The van der Waals surface area contributed by atoms with Gasteiger partial charge in [-0.1, -0.05) is 20.3 Å². The predicted octanol–water partition coefficient (Wildman–Crippen LogP) is 2.35. The van der Waals surface area contributed by atoms with E-state index in [1.54, 1.807) is 11.2 Å². The van der Waals surface area contributed by atoms with Crippen LogP contribution in [0.25, 0.3) is 0 Å². The van der Waals surface area contributed by atoms with Crippen LogP contribution in [0, 0.1) is 5.92 Å². The highest BCUT2D eigenvalue weighted by molar-refractivity contribution is 7.89. The standard InChI is InChI=1S/C14H30N2O2S/c1-4-11-16(19(17,18)6-3)14(12-15)9-7-13(5-2)8-10-14/h13H,4-12,15H2,1-3H3. The second-order valence-electron chi connectivity index (χ2n) is 5.75. The molecule has 0 spiro atoms. The molecule has 2 N–H and O–H groups in total. The van der Waals surface area contributed by atoms with Gasteiger partial charge in [0, 0.05) is 18.6 Å². The summed E-state index contributed by atoms with van der Waals surface area (Å²) in [6, 6.07) is 0. The van der Waals surface area contributed by atoms with Crippen LogP contribution in [0.15, 0.2) is 0 Å².